The van der Waals surface area contributed by atoms with Crippen LogP contribution in [0.15, 0.2) is 199 Å². The summed E-state index contributed by atoms with van der Waals surface area (Å²) in [5.74, 6) is 2.08. The highest BCUT2D eigenvalue weighted by Crippen LogP contribution is 2.38. The molecule has 0 bridgehead atoms. The minimum absolute atomic E-state index is 0.569. The molecule has 268 valence electrons. The zero-order valence-corrected chi connectivity index (χ0v) is 30.9. The minimum Gasteiger partial charge on any atom is -0.456 e. The van der Waals surface area contributed by atoms with Gasteiger partial charge >= 0.3 is 0 Å². The Hall–Kier alpha value is -7.63. The molecule has 8 aromatic carbocycles. The maximum Gasteiger partial charge on any atom is 0.163 e. The first kappa shape index (κ1) is 32.8. The van der Waals surface area contributed by atoms with Crippen LogP contribution in [0.25, 0.3) is 94.5 Å². The van der Waals surface area contributed by atoms with Crippen LogP contribution in [0.3, 0.4) is 0 Å². The van der Waals surface area contributed by atoms with E-state index < -0.39 is 0 Å². The molecule has 5 heteroatoms. The summed E-state index contributed by atoms with van der Waals surface area (Å²) in [6.45, 7) is 0. The average molecular weight is 731 g/mol. The van der Waals surface area contributed by atoms with E-state index >= 15 is 0 Å². The molecule has 11 rings (SSSR count). The molecule has 0 spiro atoms. The van der Waals surface area contributed by atoms with Crippen molar-refractivity contribution < 1.29 is 4.42 Å². The highest BCUT2D eigenvalue weighted by atomic mass is 16.3. The monoisotopic (exact) mass is 730 g/mol. The third-order valence-electron chi connectivity index (χ3n) is 10.9. The zero-order chi connectivity index (χ0) is 37.7. The third kappa shape index (κ3) is 5.85. The largest absolute Gasteiger partial charge is 0.456 e. The van der Waals surface area contributed by atoms with Gasteiger partial charge in [-0.3, -0.25) is 0 Å². The van der Waals surface area contributed by atoms with Gasteiger partial charge in [0.2, 0.25) is 0 Å². The highest BCUT2D eigenvalue weighted by molar-refractivity contribution is 6.11. The van der Waals surface area contributed by atoms with Crippen molar-refractivity contribution >= 4 is 43.7 Å². The predicted octanol–water partition coefficient (Wildman–Crippen LogP) is 13.1. The fourth-order valence-electron chi connectivity index (χ4n) is 8.18. The van der Waals surface area contributed by atoms with Crippen molar-refractivity contribution in [1.29, 1.82) is 0 Å². The van der Waals surface area contributed by atoms with Crippen molar-refractivity contribution in [2.45, 2.75) is 6.42 Å². The van der Waals surface area contributed by atoms with Crippen LogP contribution in [-0.4, -0.2) is 19.5 Å². The number of fused-ring (bicyclic) bond motifs is 6. The normalized spacial score (nSPS) is 11.6. The van der Waals surface area contributed by atoms with Gasteiger partial charge < -0.3 is 8.98 Å². The lowest BCUT2D eigenvalue weighted by atomic mass is 9.97. The second-order valence-corrected chi connectivity index (χ2v) is 14.4. The number of benzene rings is 8. The van der Waals surface area contributed by atoms with E-state index in [2.05, 4.69) is 126 Å². The van der Waals surface area contributed by atoms with Crippen molar-refractivity contribution in [2.75, 3.05) is 0 Å². The lowest BCUT2D eigenvalue weighted by molar-refractivity contribution is 0.669. The van der Waals surface area contributed by atoms with Crippen LogP contribution in [0.1, 0.15) is 11.4 Å². The second kappa shape index (κ2) is 13.6. The Morgan fingerprint density at radius 3 is 1.70 bits per heavy atom. The van der Waals surface area contributed by atoms with Crippen molar-refractivity contribution in [3.05, 3.63) is 206 Å². The van der Waals surface area contributed by atoms with Gasteiger partial charge in [-0.1, -0.05) is 146 Å². The summed E-state index contributed by atoms with van der Waals surface area (Å²) in [6, 6.07) is 68.0. The van der Waals surface area contributed by atoms with Crippen LogP contribution in [0.5, 0.6) is 0 Å². The van der Waals surface area contributed by atoms with E-state index in [-0.39, 0.29) is 0 Å². The summed E-state index contributed by atoms with van der Waals surface area (Å²) >= 11 is 0. The smallest absolute Gasteiger partial charge is 0.163 e. The first-order chi connectivity index (χ1) is 28.2. The molecule has 0 radical (unpaired) electrons. The molecule has 3 aromatic heterocycles. The molecular weight excluding hydrogens is 697 g/mol. The zero-order valence-electron chi connectivity index (χ0n) is 30.9. The Bertz CT molecular complexity index is 3200. The van der Waals surface area contributed by atoms with Crippen LogP contribution < -0.4 is 0 Å². The Morgan fingerprint density at radius 2 is 0.947 bits per heavy atom. The summed E-state index contributed by atoms with van der Waals surface area (Å²) < 4.78 is 8.49. The van der Waals surface area contributed by atoms with Crippen molar-refractivity contribution in [2.24, 2.45) is 0 Å². The first-order valence-corrected chi connectivity index (χ1v) is 19.2. The Labute approximate surface area is 329 Å². The summed E-state index contributed by atoms with van der Waals surface area (Å²) in [7, 11) is 0. The molecule has 11 aromatic rings. The number of aromatic nitrogens is 4. The number of nitrogens with zero attached hydrogens (tertiary/aromatic N) is 4. The summed E-state index contributed by atoms with van der Waals surface area (Å²) in [4.78, 5) is 14.9. The van der Waals surface area contributed by atoms with E-state index in [9.17, 15) is 0 Å². The van der Waals surface area contributed by atoms with Crippen LogP contribution in [0.4, 0.5) is 0 Å². The van der Waals surface area contributed by atoms with Crippen molar-refractivity contribution in [3.8, 4) is 50.7 Å². The molecule has 0 saturated carbocycles. The molecular formula is C52H34N4O. The van der Waals surface area contributed by atoms with E-state index in [1.807, 2.05) is 72.8 Å². The molecule has 0 aliphatic rings. The van der Waals surface area contributed by atoms with Gasteiger partial charge in [-0.05, 0) is 76.3 Å². The van der Waals surface area contributed by atoms with Gasteiger partial charge in [0.05, 0.1) is 11.0 Å². The van der Waals surface area contributed by atoms with E-state index in [1.165, 1.54) is 32.9 Å². The predicted molar refractivity (Wildman–Crippen MR) is 232 cm³/mol. The molecule has 0 aliphatic carbocycles. The van der Waals surface area contributed by atoms with Crippen molar-refractivity contribution in [3.63, 3.8) is 0 Å². The number of rotatable bonds is 7. The molecule has 0 amide bonds. The van der Waals surface area contributed by atoms with Gasteiger partial charge in [-0.15, -0.1) is 0 Å². The summed E-state index contributed by atoms with van der Waals surface area (Å²) in [5.41, 5.74) is 13.0. The maximum absolute atomic E-state index is 6.12. The van der Waals surface area contributed by atoms with E-state index in [0.29, 0.717) is 18.1 Å². The molecule has 57 heavy (non-hydrogen) atoms. The average Bonchev–Trinajstić information content (AvgIpc) is 3.82. The molecule has 0 saturated heterocycles. The second-order valence-electron chi connectivity index (χ2n) is 14.4. The number of furan rings is 1. The fraction of sp³-hybridized carbons (Fsp3) is 0.0192. The number of para-hydroxylation sites is 2. The number of hydrogen-bond donors (Lipinski definition) is 0. The number of hydrogen-bond acceptors (Lipinski definition) is 4. The van der Waals surface area contributed by atoms with Crippen LogP contribution in [-0.2, 0) is 6.42 Å². The van der Waals surface area contributed by atoms with Gasteiger partial charge in [0.1, 0.15) is 17.0 Å². The van der Waals surface area contributed by atoms with Crippen LogP contribution >= 0.6 is 0 Å². The Morgan fingerprint density at radius 1 is 0.386 bits per heavy atom. The molecule has 0 N–H and O–H groups in total. The molecule has 0 aliphatic heterocycles. The van der Waals surface area contributed by atoms with Gasteiger partial charge in [0, 0.05) is 44.8 Å². The Kier molecular flexibility index (Phi) is 7.81. The topological polar surface area (TPSA) is 56.7 Å². The molecule has 0 fully saturated rings. The molecule has 0 unspecified atom stereocenters. The third-order valence-corrected chi connectivity index (χ3v) is 10.9. The van der Waals surface area contributed by atoms with Gasteiger partial charge in [-0.2, -0.15) is 0 Å². The standard InChI is InChI=1S/C52H34N4O/c1-3-13-35(14-4-1)51-53-50(54-52(55-51)36-15-5-2-6-16-36)33-39-17-7-8-18-41(39)34-23-27-40(28-24-34)56-46-21-11-9-19-42(46)44-31-37(25-29-47(44)56)38-26-30-49-45(32-38)43-20-10-12-22-48(43)57-49/h1-32H,33H2. The lowest BCUT2D eigenvalue weighted by Crippen LogP contribution is -2.04. The Balaban J connectivity index is 0.955. The van der Waals surface area contributed by atoms with Gasteiger partial charge in [-0.25, -0.2) is 15.0 Å². The van der Waals surface area contributed by atoms with Crippen molar-refractivity contribution in [1.82, 2.24) is 19.5 Å². The highest BCUT2D eigenvalue weighted by Gasteiger charge is 2.17. The molecule has 3 heterocycles. The first-order valence-electron chi connectivity index (χ1n) is 19.2. The summed E-state index contributed by atoms with van der Waals surface area (Å²) in [5, 5.41) is 4.71. The maximum atomic E-state index is 6.12. The SMILES string of the molecule is c1ccc(-c2nc(Cc3ccccc3-c3ccc(-n4c5ccccc5c5cc(-c6ccc7oc8ccccc8c7c6)ccc54)cc3)nc(-c3ccccc3)n2)cc1. The minimum atomic E-state index is 0.569. The quantitative estimate of drug-likeness (QED) is 0.164. The van der Waals surface area contributed by atoms with E-state index in [0.717, 1.165) is 61.3 Å². The van der Waals surface area contributed by atoms with Gasteiger partial charge in [0.25, 0.3) is 0 Å². The van der Waals surface area contributed by atoms with E-state index in [4.69, 9.17) is 19.4 Å². The lowest BCUT2D eigenvalue weighted by Gasteiger charge is -2.13. The fourth-order valence-corrected chi connectivity index (χ4v) is 8.18. The molecule has 0 atom stereocenters. The van der Waals surface area contributed by atoms with Crippen LogP contribution in [0.2, 0.25) is 0 Å². The molecule has 5 nitrogen and oxygen atoms in total. The van der Waals surface area contributed by atoms with Gasteiger partial charge in [0.15, 0.2) is 11.6 Å². The van der Waals surface area contributed by atoms with Crippen LogP contribution in [0, 0.1) is 0 Å². The van der Waals surface area contributed by atoms with E-state index in [1.54, 1.807) is 0 Å². The summed E-state index contributed by atoms with van der Waals surface area (Å²) in [6.07, 6.45) is 0.569.